The van der Waals surface area contributed by atoms with Crippen molar-refractivity contribution in [3.63, 3.8) is 0 Å². The van der Waals surface area contributed by atoms with Crippen molar-refractivity contribution in [1.29, 1.82) is 0 Å². The van der Waals surface area contributed by atoms with E-state index in [4.69, 9.17) is 20.9 Å². The highest BCUT2D eigenvalue weighted by molar-refractivity contribution is 5.76. The van der Waals surface area contributed by atoms with Crippen LogP contribution in [-0.4, -0.2) is 86.9 Å². The number of piperidine rings is 2. The number of nitrogens with two attached hydrogens (primary N) is 2. The maximum Gasteiger partial charge on any atom is 0.130 e. The molecular weight excluding hydrogens is 528 g/mol. The quantitative estimate of drug-likeness (QED) is 0.391. The Kier molecular flexibility index (Phi) is 13.9. The van der Waals surface area contributed by atoms with E-state index in [2.05, 4.69) is 34.1 Å². The fourth-order valence-electron chi connectivity index (χ4n) is 6.41. The zero-order valence-corrected chi connectivity index (χ0v) is 26.1. The van der Waals surface area contributed by atoms with Gasteiger partial charge in [0.15, 0.2) is 0 Å². The largest absolute Gasteiger partial charge is 0.497 e. The lowest BCUT2D eigenvalue weighted by atomic mass is 9.83. The van der Waals surface area contributed by atoms with Crippen LogP contribution in [0.15, 0.2) is 48.5 Å². The summed E-state index contributed by atoms with van der Waals surface area (Å²) in [5.74, 6) is 3.05. The minimum absolute atomic E-state index is 0.221. The molecule has 0 bridgehead atoms. The predicted molar refractivity (Wildman–Crippen MR) is 169 cm³/mol. The normalized spacial score (nSPS) is 23.0. The Bertz CT molecular complexity index is 1090. The molecule has 0 saturated carbocycles. The highest BCUT2D eigenvalue weighted by atomic mass is 16.5. The van der Waals surface area contributed by atoms with Gasteiger partial charge in [-0.15, -0.1) is 0 Å². The first-order valence-electron chi connectivity index (χ1n) is 15.3. The summed E-state index contributed by atoms with van der Waals surface area (Å²) in [6, 6.07) is 16.8. The molecule has 8 heteroatoms. The molecule has 42 heavy (non-hydrogen) atoms. The molecule has 0 aromatic heterocycles. The zero-order chi connectivity index (χ0) is 30.5. The molecule has 2 aromatic carbocycles. The third-order valence-electron chi connectivity index (χ3n) is 8.14. The molecule has 4 N–H and O–H groups in total. The lowest BCUT2D eigenvalue weighted by molar-refractivity contribution is -0.119. The molecule has 4 atom stereocenters. The second-order valence-corrected chi connectivity index (χ2v) is 12.3. The molecular formula is C34H52N4O4. The van der Waals surface area contributed by atoms with E-state index in [0.717, 1.165) is 76.5 Å². The number of hydrogen-bond acceptors (Lipinski definition) is 8. The molecule has 2 aliphatic rings. The zero-order valence-electron chi connectivity index (χ0n) is 26.1. The van der Waals surface area contributed by atoms with Gasteiger partial charge in [0.2, 0.25) is 0 Å². The van der Waals surface area contributed by atoms with Crippen LogP contribution in [0.1, 0.15) is 50.7 Å². The molecule has 4 rings (SSSR count). The number of carbonyl (C=O) groups is 2. The first kappa shape index (κ1) is 33.7. The van der Waals surface area contributed by atoms with Crippen LogP contribution in [-0.2, 0) is 22.4 Å². The van der Waals surface area contributed by atoms with Gasteiger partial charge in [-0.05, 0) is 86.8 Å². The average molecular weight is 581 g/mol. The number of benzene rings is 2. The first-order chi connectivity index (χ1) is 20.1. The topological polar surface area (TPSA) is 111 Å². The molecule has 0 unspecified atom stereocenters. The van der Waals surface area contributed by atoms with E-state index in [1.807, 2.05) is 24.3 Å². The van der Waals surface area contributed by atoms with Gasteiger partial charge in [0.05, 0.1) is 14.2 Å². The summed E-state index contributed by atoms with van der Waals surface area (Å²) in [6.07, 6.45) is 5.16. The lowest BCUT2D eigenvalue weighted by Crippen LogP contribution is -2.52. The summed E-state index contributed by atoms with van der Waals surface area (Å²) >= 11 is 0. The number of ether oxygens (including phenoxy) is 2. The maximum absolute atomic E-state index is 11.5. The first-order valence-corrected chi connectivity index (χ1v) is 15.3. The Hall–Kier alpha value is -2.78. The molecule has 8 nitrogen and oxygen atoms in total. The van der Waals surface area contributed by atoms with Gasteiger partial charge < -0.3 is 35.4 Å². The molecule has 0 spiro atoms. The molecule has 2 aliphatic heterocycles. The van der Waals surface area contributed by atoms with Crippen molar-refractivity contribution in [3.8, 4) is 11.5 Å². The van der Waals surface area contributed by atoms with Gasteiger partial charge in [0.1, 0.15) is 23.1 Å². The van der Waals surface area contributed by atoms with Crippen LogP contribution in [0.4, 0.5) is 0 Å². The monoisotopic (exact) mass is 580 g/mol. The van der Waals surface area contributed by atoms with Crippen LogP contribution in [0.25, 0.3) is 0 Å². The van der Waals surface area contributed by atoms with Crippen molar-refractivity contribution >= 4 is 11.6 Å². The fourth-order valence-corrected chi connectivity index (χ4v) is 6.41. The molecule has 2 fully saturated rings. The van der Waals surface area contributed by atoms with Crippen LogP contribution in [0.2, 0.25) is 0 Å². The maximum atomic E-state index is 11.5. The van der Waals surface area contributed by atoms with Crippen molar-refractivity contribution in [2.75, 3.05) is 53.5 Å². The van der Waals surface area contributed by atoms with Gasteiger partial charge in [-0.3, -0.25) is 4.90 Å². The fraction of sp³-hybridized carbons (Fsp3) is 0.588. The van der Waals surface area contributed by atoms with Gasteiger partial charge in [-0.1, -0.05) is 24.3 Å². The van der Waals surface area contributed by atoms with E-state index in [-0.39, 0.29) is 23.7 Å². The van der Waals surface area contributed by atoms with Crippen LogP contribution in [0, 0.1) is 11.8 Å². The number of Topliss-reactive ketones (excluding diaryl/α,β-unsaturated/α-hetero) is 2. The number of rotatable bonds is 12. The Labute approximate surface area is 252 Å². The van der Waals surface area contributed by atoms with Gasteiger partial charge in [0.25, 0.3) is 0 Å². The number of likely N-dealkylation sites (tertiary alicyclic amines) is 2. The molecule has 0 aliphatic carbocycles. The summed E-state index contributed by atoms with van der Waals surface area (Å²) in [5, 5.41) is 0. The molecule has 232 valence electrons. The van der Waals surface area contributed by atoms with Gasteiger partial charge in [-0.25, -0.2) is 0 Å². The number of hydrogen-bond donors (Lipinski definition) is 2. The summed E-state index contributed by atoms with van der Waals surface area (Å²) in [6.45, 7) is 9.11. The van der Waals surface area contributed by atoms with E-state index in [1.165, 1.54) is 11.1 Å². The second-order valence-electron chi connectivity index (χ2n) is 12.3. The minimum Gasteiger partial charge on any atom is -0.497 e. The van der Waals surface area contributed by atoms with Crippen LogP contribution >= 0.6 is 0 Å². The van der Waals surface area contributed by atoms with Crippen LogP contribution in [0.5, 0.6) is 11.5 Å². The van der Waals surface area contributed by atoms with E-state index in [9.17, 15) is 9.59 Å². The molecule has 0 radical (unpaired) electrons. The summed E-state index contributed by atoms with van der Waals surface area (Å²) < 4.78 is 10.5. The van der Waals surface area contributed by atoms with Crippen molar-refractivity contribution in [2.24, 2.45) is 23.3 Å². The minimum atomic E-state index is 0.221. The highest BCUT2D eigenvalue weighted by Gasteiger charge is 2.28. The van der Waals surface area contributed by atoms with Crippen molar-refractivity contribution < 1.29 is 19.1 Å². The number of carbonyl (C=O) groups excluding carboxylic acids is 2. The third kappa shape index (κ3) is 12.2. The van der Waals surface area contributed by atoms with Crippen LogP contribution in [0.3, 0.4) is 0 Å². The lowest BCUT2D eigenvalue weighted by Gasteiger charge is -2.37. The smallest absolute Gasteiger partial charge is 0.130 e. The second kappa shape index (κ2) is 17.4. The van der Waals surface area contributed by atoms with Gasteiger partial charge in [0, 0.05) is 64.2 Å². The van der Waals surface area contributed by atoms with Crippen LogP contribution < -0.4 is 20.9 Å². The van der Waals surface area contributed by atoms with Gasteiger partial charge >= 0.3 is 0 Å². The number of ketones is 2. The SMILES string of the molecule is COc1cccc(CCN2C[C@H](CC(C)=O)C[C@H](CC(C)=O)C2)c1.COc1cccc(CCN2C[C@H](N)C[C@H](N)C2)c1. The Morgan fingerprint density at radius 2 is 1.14 bits per heavy atom. The molecule has 2 heterocycles. The van der Waals surface area contributed by atoms with E-state index < -0.39 is 0 Å². The average Bonchev–Trinajstić information content (AvgIpc) is 2.94. The van der Waals surface area contributed by atoms with Crippen molar-refractivity contribution in [3.05, 3.63) is 59.7 Å². The molecule has 0 amide bonds. The van der Waals surface area contributed by atoms with E-state index in [1.54, 1.807) is 28.1 Å². The standard InChI is InChI=1S/C20H29NO3.C14H23N3O/c1-15(22)9-18-11-19(10-16(2)23)14-21(13-18)8-7-17-5-4-6-20(12-17)24-3;1-18-14-4-2-3-11(7-14)5-6-17-9-12(15)8-13(16)10-17/h4-6,12,18-19H,7-11,13-14H2,1-3H3;2-4,7,12-13H,5-6,8-10,15-16H2,1H3/t18-,19+;12-,13+. The summed E-state index contributed by atoms with van der Waals surface area (Å²) in [5.41, 5.74) is 14.5. The van der Waals surface area contributed by atoms with Crippen molar-refractivity contribution in [1.82, 2.24) is 9.80 Å². The Morgan fingerprint density at radius 1 is 0.714 bits per heavy atom. The summed E-state index contributed by atoms with van der Waals surface area (Å²) in [7, 11) is 3.38. The summed E-state index contributed by atoms with van der Waals surface area (Å²) in [4.78, 5) is 27.8. The number of nitrogens with zero attached hydrogens (tertiary/aromatic N) is 2. The molecule has 2 saturated heterocycles. The highest BCUT2D eigenvalue weighted by Crippen LogP contribution is 2.27. The van der Waals surface area contributed by atoms with E-state index in [0.29, 0.717) is 24.7 Å². The van der Waals surface area contributed by atoms with Gasteiger partial charge in [-0.2, -0.15) is 0 Å². The van der Waals surface area contributed by atoms with Crippen molar-refractivity contribution in [2.45, 2.75) is 64.5 Å². The molecule has 2 aromatic rings. The Morgan fingerprint density at radius 3 is 1.55 bits per heavy atom. The Balaban J connectivity index is 0.000000240. The number of methoxy groups -OCH3 is 2. The third-order valence-corrected chi connectivity index (χ3v) is 8.14. The van der Waals surface area contributed by atoms with E-state index >= 15 is 0 Å². The predicted octanol–water partition coefficient (Wildman–Crippen LogP) is 3.73.